The summed E-state index contributed by atoms with van der Waals surface area (Å²) >= 11 is 0. The van der Waals surface area contributed by atoms with Gasteiger partial charge in [0.1, 0.15) is 0 Å². The van der Waals surface area contributed by atoms with Crippen molar-refractivity contribution in [3.63, 3.8) is 0 Å². The Kier molecular flexibility index (Phi) is 6.96. The molecule has 1 aliphatic rings. The Labute approximate surface area is 174 Å². The molecule has 29 heavy (non-hydrogen) atoms. The number of aryl methyl sites for hydroxylation is 2. The van der Waals surface area contributed by atoms with Crippen LogP contribution in [0.15, 0.2) is 52.4 Å². The third-order valence-electron chi connectivity index (χ3n) is 5.41. The molecule has 2 aromatic carbocycles. The molecule has 156 valence electrons. The second-order valence-corrected chi connectivity index (χ2v) is 9.72. The molecule has 1 atom stereocenters. The zero-order valence-electron chi connectivity index (χ0n) is 17.5. The molecule has 3 rings (SSSR count). The molecule has 0 saturated carbocycles. The molecule has 2 aromatic rings. The molecule has 0 saturated heterocycles. The Morgan fingerprint density at radius 2 is 1.97 bits per heavy atom. The largest absolute Gasteiger partial charge is 0.357 e. The lowest BCUT2D eigenvalue weighted by Gasteiger charge is -2.26. The summed E-state index contributed by atoms with van der Waals surface area (Å²) in [5.74, 6) is 1.29. The summed E-state index contributed by atoms with van der Waals surface area (Å²) < 4.78 is 23.6. The zero-order valence-corrected chi connectivity index (χ0v) is 18.3. The van der Waals surface area contributed by atoms with Gasteiger partial charge in [0.25, 0.3) is 0 Å². The van der Waals surface area contributed by atoms with Crippen LogP contribution in [0.3, 0.4) is 0 Å². The smallest absolute Gasteiger partial charge is 0.191 e. The van der Waals surface area contributed by atoms with Crippen LogP contribution in [0.5, 0.6) is 0 Å². The van der Waals surface area contributed by atoms with E-state index in [1.165, 1.54) is 36.6 Å². The van der Waals surface area contributed by atoms with Gasteiger partial charge in [0.15, 0.2) is 15.8 Å². The van der Waals surface area contributed by atoms with Crippen LogP contribution < -0.4 is 10.6 Å². The van der Waals surface area contributed by atoms with E-state index in [2.05, 4.69) is 41.8 Å². The van der Waals surface area contributed by atoms with Crippen molar-refractivity contribution in [2.24, 2.45) is 4.99 Å². The molecule has 5 nitrogen and oxygen atoms in total. The molecule has 0 spiro atoms. The summed E-state index contributed by atoms with van der Waals surface area (Å²) in [5.41, 5.74) is 4.68. The topological polar surface area (TPSA) is 70.6 Å². The van der Waals surface area contributed by atoms with Crippen LogP contribution in [0.1, 0.15) is 47.9 Å². The number of guanidine groups is 1. The van der Waals surface area contributed by atoms with E-state index in [0.29, 0.717) is 17.4 Å². The number of rotatable bonds is 6. The molecule has 0 heterocycles. The van der Waals surface area contributed by atoms with Crippen molar-refractivity contribution in [2.75, 3.05) is 19.3 Å². The highest BCUT2D eigenvalue weighted by molar-refractivity contribution is 7.90. The van der Waals surface area contributed by atoms with Crippen LogP contribution in [0.4, 0.5) is 0 Å². The molecule has 0 radical (unpaired) electrons. The Bertz CT molecular complexity index is 983. The molecular weight excluding hydrogens is 382 g/mol. The van der Waals surface area contributed by atoms with Crippen LogP contribution >= 0.6 is 0 Å². The van der Waals surface area contributed by atoms with Crippen molar-refractivity contribution in [3.8, 4) is 0 Å². The van der Waals surface area contributed by atoms with Crippen LogP contribution in [0.25, 0.3) is 0 Å². The lowest BCUT2D eigenvalue weighted by molar-refractivity contribution is 0.539. The number of nitrogens with one attached hydrogen (secondary N) is 2. The highest BCUT2D eigenvalue weighted by Crippen LogP contribution is 2.30. The first-order valence-electron chi connectivity index (χ1n) is 10.3. The normalized spacial score (nSPS) is 16.9. The van der Waals surface area contributed by atoms with E-state index >= 15 is 0 Å². The third kappa shape index (κ3) is 5.60. The molecule has 0 bridgehead atoms. The average Bonchev–Trinajstić information content (AvgIpc) is 2.69. The highest BCUT2D eigenvalue weighted by atomic mass is 32.2. The molecular formula is C23H31N3O2S. The summed E-state index contributed by atoms with van der Waals surface area (Å²) in [4.78, 5) is 5.08. The first-order chi connectivity index (χ1) is 13.9. The predicted molar refractivity (Wildman–Crippen MR) is 119 cm³/mol. The number of aliphatic imine (C=N–C) groups is 1. The minimum atomic E-state index is -3.20. The first kappa shape index (κ1) is 21.4. The van der Waals surface area contributed by atoms with Crippen molar-refractivity contribution in [1.82, 2.24) is 10.6 Å². The Morgan fingerprint density at radius 1 is 1.17 bits per heavy atom. The minimum Gasteiger partial charge on any atom is -0.357 e. The molecule has 2 N–H and O–H groups in total. The third-order valence-corrected chi connectivity index (χ3v) is 6.67. The van der Waals surface area contributed by atoms with Crippen molar-refractivity contribution < 1.29 is 8.42 Å². The standard InChI is InChI=1S/C23H31N3O2S/c1-4-24-23(25-15-18-12-13-22(17(2)14-18)29(3,27)28)26-16-20-10-7-9-19-8-5-6-11-21(19)20/h5-6,8,11-14,20H,4,7,9-10,15-16H2,1-3H3,(H2,24,25,26). The summed E-state index contributed by atoms with van der Waals surface area (Å²) in [6.45, 7) is 6.03. The molecule has 6 heteroatoms. The van der Waals surface area contributed by atoms with Crippen molar-refractivity contribution in [3.05, 3.63) is 64.7 Å². The fourth-order valence-electron chi connectivity index (χ4n) is 4.02. The molecule has 1 aliphatic carbocycles. The first-order valence-corrected chi connectivity index (χ1v) is 12.2. The van der Waals surface area contributed by atoms with Gasteiger partial charge in [0.2, 0.25) is 0 Å². The van der Waals surface area contributed by atoms with Crippen molar-refractivity contribution in [2.45, 2.75) is 50.5 Å². The zero-order chi connectivity index (χ0) is 20.9. The Hall–Kier alpha value is -2.34. The van der Waals surface area contributed by atoms with Gasteiger partial charge in [0, 0.05) is 25.3 Å². The van der Waals surface area contributed by atoms with E-state index < -0.39 is 9.84 Å². The predicted octanol–water partition coefficient (Wildman–Crippen LogP) is 3.57. The molecule has 0 aromatic heterocycles. The minimum absolute atomic E-state index is 0.381. The summed E-state index contributed by atoms with van der Waals surface area (Å²) in [6.07, 6.45) is 4.83. The fraction of sp³-hybridized carbons (Fsp3) is 0.435. The van der Waals surface area contributed by atoms with E-state index in [0.717, 1.165) is 30.2 Å². The quantitative estimate of drug-likeness (QED) is 0.561. The summed E-state index contributed by atoms with van der Waals surface area (Å²) in [5, 5.41) is 6.80. The fourth-order valence-corrected chi connectivity index (χ4v) is 4.98. The van der Waals surface area contributed by atoms with Gasteiger partial charge in [-0.3, -0.25) is 0 Å². The van der Waals surface area contributed by atoms with E-state index in [1.807, 2.05) is 19.1 Å². The average molecular weight is 414 g/mol. The van der Waals surface area contributed by atoms with Gasteiger partial charge < -0.3 is 10.6 Å². The highest BCUT2D eigenvalue weighted by Gasteiger charge is 2.19. The second-order valence-electron chi connectivity index (χ2n) is 7.74. The monoisotopic (exact) mass is 413 g/mol. The van der Waals surface area contributed by atoms with Crippen LogP contribution in [-0.4, -0.2) is 33.7 Å². The maximum absolute atomic E-state index is 11.8. The second kappa shape index (κ2) is 9.44. The number of hydrogen-bond donors (Lipinski definition) is 2. The molecule has 0 fully saturated rings. The Balaban J connectivity index is 1.67. The maximum Gasteiger partial charge on any atom is 0.191 e. The number of fused-ring (bicyclic) bond motifs is 1. The van der Waals surface area contributed by atoms with Gasteiger partial charge in [-0.25, -0.2) is 13.4 Å². The van der Waals surface area contributed by atoms with E-state index in [1.54, 1.807) is 6.07 Å². The van der Waals surface area contributed by atoms with Gasteiger partial charge >= 0.3 is 0 Å². The number of hydrogen-bond acceptors (Lipinski definition) is 3. The number of benzene rings is 2. The van der Waals surface area contributed by atoms with Gasteiger partial charge in [-0.15, -0.1) is 0 Å². The van der Waals surface area contributed by atoms with E-state index in [9.17, 15) is 8.42 Å². The van der Waals surface area contributed by atoms with E-state index in [-0.39, 0.29) is 0 Å². The van der Waals surface area contributed by atoms with Gasteiger partial charge in [0.05, 0.1) is 11.4 Å². The number of sulfone groups is 1. The molecule has 0 amide bonds. The van der Waals surface area contributed by atoms with Gasteiger partial charge in [-0.1, -0.05) is 36.4 Å². The molecule has 0 aliphatic heterocycles. The van der Waals surface area contributed by atoms with Gasteiger partial charge in [-0.2, -0.15) is 0 Å². The molecule has 1 unspecified atom stereocenters. The Morgan fingerprint density at radius 3 is 2.69 bits per heavy atom. The lowest BCUT2D eigenvalue weighted by Crippen LogP contribution is -2.39. The van der Waals surface area contributed by atoms with Crippen LogP contribution in [0, 0.1) is 6.92 Å². The van der Waals surface area contributed by atoms with Crippen molar-refractivity contribution >= 4 is 15.8 Å². The van der Waals surface area contributed by atoms with Gasteiger partial charge in [-0.05, 0) is 61.4 Å². The van der Waals surface area contributed by atoms with Crippen LogP contribution in [-0.2, 0) is 22.8 Å². The summed E-state index contributed by atoms with van der Waals surface area (Å²) in [6, 6.07) is 14.2. The van der Waals surface area contributed by atoms with Crippen LogP contribution in [0.2, 0.25) is 0 Å². The van der Waals surface area contributed by atoms with E-state index in [4.69, 9.17) is 4.99 Å². The van der Waals surface area contributed by atoms with Crippen molar-refractivity contribution in [1.29, 1.82) is 0 Å². The SMILES string of the molecule is CCNC(=NCc1ccc(S(C)(=O)=O)c(C)c1)NCC1CCCc2ccccc21. The maximum atomic E-state index is 11.8. The summed E-state index contributed by atoms with van der Waals surface area (Å²) in [7, 11) is -3.20. The lowest BCUT2D eigenvalue weighted by atomic mass is 9.83. The number of nitrogens with zero attached hydrogens (tertiary/aromatic N) is 1.